The summed E-state index contributed by atoms with van der Waals surface area (Å²) in [5.41, 5.74) is 0.556. The van der Waals surface area contributed by atoms with Crippen LogP contribution in [0.2, 0.25) is 0 Å². The molecule has 0 fully saturated rings. The van der Waals surface area contributed by atoms with Crippen molar-refractivity contribution in [1.82, 2.24) is 0 Å². The van der Waals surface area contributed by atoms with Crippen molar-refractivity contribution in [1.29, 1.82) is 0 Å². The fraction of sp³-hybridized carbons (Fsp3) is 1.00. The van der Waals surface area contributed by atoms with E-state index >= 15 is 0 Å². The lowest BCUT2D eigenvalue weighted by Crippen LogP contribution is -2.21. The Morgan fingerprint density at radius 3 is 1.94 bits per heavy atom. The topological polar surface area (TPSA) is 0 Å². The predicted octanol–water partition coefficient (Wildman–Crippen LogP) is 6.20. The van der Waals surface area contributed by atoms with Gasteiger partial charge in [-0.3, -0.25) is 0 Å². The zero-order valence-corrected chi connectivity index (χ0v) is 12.4. The summed E-state index contributed by atoms with van der Waals surface area (Å²) in [6.07, 6.45) is 12.7. The zero-order chi connectivity index (χ0) is 12.4. The zero-order valence-electron chi connectivity index (χ0n) is 12.4. The van der Waals surface area contributed by atoms with Crippen LogP contribution >= 0.6 is 0 Å². The molecule has 1 unspecified atom stereocenters. The van der Waals surface area contributed by atoms with E-state index in [-0.39, 0.29) is 0 Å². The number of unbranched alkanes of at least 4 members (excludes halogenated alkanes) is 5. The highest BCUT2D eigenvalue weighted by atomic mass is 14.3. The second-order valence-corrected chi connectivity index (χ2v) is 6.20. The van der Waals surface area contributed by atoms with Crippen LogP contribution in [0.5, 0.6) is 0 Å². The number of rotatable bonds is 10. The van der Waals surface area contributed by atoms with Gasteiger partial charge < -0.3 is 0 Å². The normalized spacial score (nSPS) is 14.1. The second-order valence-electron chi connectivity index (χ2n) is 6.20. The highest BCUT2D eigenvalue weighted by Crippen LogP contribution is 2.35. The van der Waals surface area contributed by atoms with Crippen LogP contribution in [-0.4, -0.2) is 0 Å². The van der Waals surface area contributed by atoms with Crippen LogP contribution in [0, 0.1) is 11.3 Å². The molecule has 0 rings (SSSR count). The van der Waals surface area contributed by atoms with Gasteiger partial charge in [-0.2, -0.15) is 0 Å². The van der Waals surface area contributed by atoms with E-state index in [4.69, 9.17) is 0 Å². The molecule has 0 aromatic carbocycles. The average Bonchev–Trinajstić information content (AvgIpc) is 2.23. The van der Waals surface area contributed by atoms with Crippen LogP contribution in [0.15, 0.2) is 0 Å². The molecule has 1 atom stereocenters. The summed E-state index contributed by atoms with van der Waals surface area (Å²) < 4.78 is 0. The van der Waals surface area contributed by atoms with Crippen molar-refractivity contribution in [2.75, 3.05) is 0 Å². The van der Waals surface area contributed by atoms with Crippen LogP contribution in [0.4, 0.5) is 0 Å². The minimum atomic E-state index is 0.556. The second kappa shape index (κ2) is 9.07. The van der Waals surface area contributed by atoms with Gasteiger partial charge in [0, 0.05) is 0 Å². The maximum atomic E-state index is 2.46. The van der Waals surface area contributed by atoms with Gasteiger partial charge in [0.05, 0.1) is 0 Å². The molecule has 98 valence electrons. The molecule has 0 bridgehead atoms. The Morgan fingerprint density at radius 1 is 0.812 bits per heavy atom. The Balaban J connectivity index is 3.57. The largest absolute Gasteiger partial charge is 0.0654 e. The molecule has 0 radical (unpaired) electrons. The standard InChI is InChI=1S/C16H34/c1-6-8-9-10-11-12-14-16(4,5)15(3)13-7-2/h15H,6-14H2,1-5H3. The summed E-state index contributed by atoms with van der Waals surface area (Å²) in [4.78, 5) is 0. The van der Waals surface area contributed by atoms with Crippen LogP contribution in [-0.2, 0) is 0 Å². The summed E-state index contributed by atoms with van der Waals surface area (Å²) in [5.74, 6) is 0.883. The van der Waals surface area contributed by atoms with Crippen molar-refractivity contribution < 1.29 is 0 Å². The van der Waals surface area contributed by atoms with Gasteiger partial charge in [-0.05, 0) is 17.8 Å². The van der Waals surface area contributed by atoms with E-state index in [9.17, 15) is 0 Å². The number of hydrogen-bond donors (Lipinski definition) is 0. The highest BCUT2D eigenvalue weighted by molar-refractivity contribution is 4.75. The molecule has 0 aromatic rings. The quantitative estimate of drug-likeness (QED) is 0.389. The third kappa shape index (κ3) is 7.30. The third-order valence-corrected chi connectivity index (χ3v) is 4.23. The van der Waals surface area contributed by atoms with E-state index in [0.29, 0.717) is 5.41 Å². The molecule has 16 heavy (non-hydrogen) atoms. The summed E-state index contributed by atoms with van der Waals surface area (Å²) in [6, 6.07) is 0. The molecule has 0 amide bonds. The Kier molecular flexibility index (Phi) is 9.07. The Morgan fingerprint density at radius 2 is 1.38 bits per heavy atom. The lowest BCUT2D eigenvalue weighted by Gasteiger charge is -2.32. The molecule has 0 aliphatic rings. The van der Waals surface area contributed by atoms with Crippen molar-refractivity contribution >= 4 is 0 Å². The van der Waals surface area contributed by atoms with Crippen LogP contribution in [0.1, 0.15) is 92.4 Å². The first-order valence-corrected chi connectivity index (χ1v) is 7.54. The first kappa shape index (κ1) is 16.0. The molecular formula is C16H34. The molecular weight excluding hydrogens is 192 g/mol. The van der Waals surface area contributed by atoms with E-state index in [1.165, 1.54) is 57.8 Å². The van der Waals surface area contributed by atoms with Crippen molar-refractivity contribution in [3.05, 3.63) is 0 Å². The van der Waals surface area contributed by atoms with E-state index in [2.05, 4.69) is 34.6 Å². The van der Waals surface area contributed by atoms with E-state index in [1.807, 2.05) is 0 Å². The van der Waals surface area contributed by atoms with Crippen LogP contribution in [0.3, 0.4) is 0 Å². The Labute approximate surface area is 104 Å². The minimum absolute atomic E-state index is 0.556. The van der Waals surface area contributed by atoms with Crippen LogP contribution < -0.4 is 0 Å². The molecule has 0 N–H and O–H groups in total. The number of hydrogen-bond acceptors (Lipinski definition) is 0. The first-order valence-electron chi connectivity index (χ1n) is 7.54. The van der Waals surface area contributed by atoms with Gasteiger partial charge in [-0.15, -0.1) is 0 Å². The van der Waals surface area contributed by atoms with E-state index < -0.39 is 0 Å². The van der Waals surface area contributed by atoms with E-state index in [0.717, 1.165) is 5.92 Å². The van der Waals surface area contributed by atoms with Gasteiger partial charge >= 0.3 is 0 Å². The predicted molar refractivity (Wildman–Crippen MR) is 75.8 cm³/mol. The molecule has 0 aliphatic heterocycles. The maximum absolute atomic E-state index is 2.46. The minimum Gasteiger partial charge on any atom is -0.0654 e. The molecule has 0 aromatic heterocycles. The molecule has 0 heteroatoms. The molecule has 0 saturated heterocycles. The molecule has 0 saturated carbocycles. The first-order chi connectivity index (χ1) is 7.54. The van der Waals surface area contributed by atoms with Gasteiger partial charge in [-0.1, -0.05) is 86.0 Å². The third-order valence-electron chi connectivity index (χ3n) is 4.23. The molecule has 0 nitrogen and oxygen atoms in total. The monoisotopic (exact) mass is 226 g/mol. The highest BCUT2D eigenvalue weighted by Gasteiger charge is 2.24. The lowest BCUT2D eigenvalue weighted by molar-refractivity contribution is 0.192. The summed E-state index contributed by atoms with van der Waals surface area (Å²) in [6.45, 7) is 11.9. The molecule has 0 heterocycles. The fourth-order valence-electron chi connectivity index (χ4n) is 2.43. The van der Waals surface area contributed by atoms with Gasteiger partial charge in [0.25, 0.3) is 0 Å². The van der Waals surface area contributed by atoms with Crippen LogP contribution in [0.25, 0.3) is 0 Å². The Hall–Kier alpha value is 0. The van der Waals surface area contributed by atoms with E-state index in [1.54, 1.807) is 0 Å². The SMILES string of the molecule is CCCCCCCCC(C)(C)C(C)CCC. The smallest absolute Gasteiger partial charge is 0.0329 e. The fourth-order valence-corrected chi connectivity index (χ4v) is 2.43. The van der Waals surface area contributed by atoms with Gasteiger partial charge in [0.2, 0.25) is 0 Å². The van der Waals surface area contributed by atoms with Gasteiger partial charge in [0.15, 0.2) is 0 Å². The maximum Gasteiger partial charge on any atom is -0.0329 e. The average molecular weight is 226 g/mol. The van der Waals surface area contributed by atoms with Crippen molar-refractivity contribution in [2.45, 2.75) is 92.4 Å². The van der Waals surface area contributed by atoms with Crippen molar-refractivity contribution in [2.24, 2.45) is 11.3 Å². The summed E-state index contributed by atoms with van der Waals surface area (Å²) in [5, 5.41) is 0. The summed E-state index contributed by atoms with van der Waals surface area (Å²) in [7, 11) is 0. The Bertz CT molecular complexity index is 146. The molecule has 0 spiro atoms. The summed E-state index contributed by atoms with van der Waals surface area (Å²) >= 11 is 0. The van der Waals surface area contributed by atoms with Crippen molar-refractivity contribution in [3.63, 3.8) is 0 Å². The van der Waals surface area contributed by atoms with Gasteiger partial charge in [-0.25, -0.2) is 0 Å². The van der Waals surface area contributed by atoms with Crippen molar-refractivity contribution in [3.8, 4) is 0 Å². The van der Waals surface area contributed by atoms with Gasteiger partial charge in [0.1, 0.15) is 0 Å². The molecule has 0 aliphatic carbocycles. The lowest BCUT2D eigenvalue weighted by atomic mass is 9.74.